The predicted octanol–water partition coefficient (Wildman–Crippen LogP) is 3.61. The number of halogens is 2. The molecule has 0 amide bonds. The van der Waals surface area contributed by atoms with Crippen molar-refractivity contribution >= 4 is 11.6 Å². The van der Waals surface area contributed by atoms with Crippen LogP contribution in [0.3, 0.4) is 0 Å². The van der Waals surface area contributed by atoms with Gasteiger partial charge < -0.3 is 5.11 Å². The van der Waals surface area contributed by atoms with Gasteiger partial charge in [0.2, 0.25) is 0 Å². The maximum absolute atomic E-state index is 13.3. The number of aliphatic hydroxyl groups is 1. The van der Waals surface area contributed by atoms with Crippen molar-refractivity contribution in [3.8, 4) is 6.07 Å². The van der Waals surface area contributed by atoms with E-state index in [1.54, 1.807) is 24.3 Å². The Kier molecular flexibility index (Phi) is 3.57. The second-order valence-electron chi connectivity index (χ2n) is 4.39. The fourth-order valence-electron chi connectivity index (χ4n) is 1.92. The second kappa shape index (κ2) is 5.00. The first-order chi connectivity index (χ1) is 8.95. The summed E-state index contributed by atoms with van der Waals surface area (Å²) in [7, 11) is 0. The molecule has 0 radical (unpaired) electrons. The fourth-order valence-corrected chi connectivity index (χ4v) is 2.22. The predicted molar refractivity (Wildman–Crippen MR) is 71.2 cm³/mol. The lowest BCUT2D eigenvalue weighted by Gasteiger charge is -2.25. The van der Waals surface area contributed by atoms with Gasteiger partial charge in [-0.05, 0) is 42.8 Å². The Labute approximate surface area is 115 Å². The van der Waals surface area contributed by atoms with Crippen molar-refractivity contribution in [2.45, 2.75) is 12.5 Å². The lowest BCUT2D eigenvalue weighted by molar-refractivity contribution is 0.102. The van der Waals surface area contributed by atoms with Gasteiger partial charge in [0.1, 0.15) is 11.4 Å². The summed E-state index contributed by atoms with van der Waals surface area (Å²) in [6, 6.07) is 12.3. The van der Waals surface area contributed by atoms with E-state index in [9.17, 15) is 9.50 Å². The molecule has 4 heteroatoms. The van der Waals surface area contributed by atoms with Gasteiger partial charge in [-0.25, -0.2) is 4.39 Å². The van der Waals surface area contributed by atoms with Crippen LogP contribution in [-0.4, -0.2) is 5.11 Å². The summed E-state index contributed by atoms with van der Waals surface area (Å²) in [6.45, 7) is 1.52. The minimum absolute atomic E-state index is 0.268. The van der Waals surface area contributed by atoms with Crippen LogP contribution in [0.25, 0.3) is 0 Å². The topological polar surface area (TPSA) is 44.0 Å². The van der Waals surface area contributed by atoms with E-state index in [1.807, 2.05) is 6.07 Å². The van der Waals surface area contributed by atoms with E-state index in [-0.39, 0.29) is 10.6 Å². The smallest absolute Gasteiger partial charge is 0.123 e. The first kappa shape index (κ1) is 13.5. The molecule has 2 rings (SSSR count). The van der Waals surface area contributed by atoms with E-state index in [1.165, 1.54) is 25.1 Å². The van der Waals surface area contributed by atoms with Crippen LogP contribution in [0, 0.1) is 17.1 Å². The molecule has 0 saturated heterocycles. The molecule has 0 aromatic heterocycles. The van der Waals surface area contributed by atoms with Crippen molar-refractivity contribution in [2.24, 2.45) is 0 Å². The Balaban J connectivity index is 2.58. The molecule has 0 aliphatic heterocycles. The Morgan fingerprint density at radius 2 is 2.00 bits per heavy atom. The highest BCUT2D eigenvalue weighted by atomic mass is 35.5. The van der Waals surface area contributed by atoms with E-state index >= 15 is 0 Å². The molecule has 0 spiro atoms. The normalized spacial score (nSPS) is 13.6. The molecule has 19 heavy (non-hydrogen) atoms. The van der Waals surface area contributed by atoms with E-state index in [2.05, 4.69) is 0 Å². The highest BCUT2D eigenvalue weighted by Crippen LogP contribution is 2.34. The first-order valence-electron chi connectivity index (χ1n) is 5.63. The summed E-state index contributed by atoms with van der Waals surface area (Å²) in [5, 5.41) is 19.8. The van der Waals surface area contributed by atoms with E-state index < -0.39 is 11.4 Å². The van der Waals surface area contributed by atoms with Gasteiger partial charge in [0.25, 0.3) is 0 Å². The molecule has 0 aliphatic carbocycles. The molecule has 1 unspecified atom stereocenters. The van der Waals surface area contributed by atoms with Gasteiger partial charge in [-0.1, -0.05) is 23.7 Å². The van der Waals surface area contributed by atoms with Crippen LogP contribution in [0.5, 0.6) is 0 Å². The molecule has 96 valence electrons. The van der Waals surface area contributed by atoms with Gasteiger partial charge >= 0.3 is 0 Å². The van der Waals surface area contributed by atoms with E-state index in [0.29, 0.717) is 11.1 Å². The van der Waals surface area contributed by atoms with Gasteiger partial charge in [0, 0.05) is 10.6 Å². The number of nitrogens with zero attached hydrogens (tertiary/aromatic N) is 1. The number of rotatable bonds is 2. The maximum atomic E-state index is 13.3. The Bertz CT molecular complexity index is 661. The van der Waals surface area contributed by atoms with Crippen LogP contribution in [0.2, 0.25) is 5.02 Å². The summed E-state index contributed by atoms with van der Waals surface area (Å²) in [4.78, 5) is 0. The molecule has 0 aliphatic rings. The zero-order valence-corrected chi connectivity index (χ0v) is 10.9. The second-order valence-corrected chi connectivity index (χ2v) is 4.80. The summed E-state index contributed by atoms with van der Waals surface area (Å²) in [5.74, 6) is -0.476. The van der Waals surface area contributed by atoms with Gasteiger partial charge in [0.15, 0.2) is 0 Å². The Morgan fingerprint density at radius 1 is 1.26 bits per heavy atom. The molecule has 2 aromatic carbocycles. The number of hydrogen-bond acceptors (Lipinski definition) is 2. The molecule has 0 fully saturated rings. The molecule has 1 atom stereocenters. The first-order valence-corrected chi connectivity index (χ1v) is 6.01. The largest absolute Gasteiger partial charge is 0.381 e. The lowest BCUT2D eigenvalue weighted by atomic mass is 9.87. The van der Waals surface area contributed by atoms with Gasteiger partial charge in [-0.15, -0.1) is 0 Å². The molecule has 0 heterocycles. The molecular weight excluding hydrogens is 265 g/mol. The van der Waals surface area contributed by atoms with Crippen molar-refractivity contribution in [1.82, 2.24) is 0 Å². The molecule has 0 saturated carbocycles. The van der Waals surface area contributed by atoms with Crippen molar-refractivity contribution < 1.29 is 9.50 Å². The van der Waals surface area contributed by atoms with Crippen LogP contribution in [0.1, 0.15) is 23.6 Å². The van der Waals surface area contributed by atoms with Crippen LogP contribution < -0.4 is 0 Å². The minimum atomic E-state index is -1.47. The molecule has 0 bridgehead atoms. The van der Waals surface area contributed by atoms with Crippen molar-refractivity contribution in [1.29, 1.82) is 5.26 Å². The number of nitriles is 1. The van der Waals surface area contributed by atoms with Gasteiger partial charge in [-0.3, -0.25) is 0 Å². The fraction of sp³-hybridized carbons (Fsp3) is 0.133. The van der Waals surface area contributed by atoms with E-state index in [0.717, 1.165) is 0 Å². The highest BCUT2D eigenvalue weighted by Gasteiger charge is 2.28. The van der Waals surface area contributed by atoms with Crippen LogP contribution >= 0.6 is 11.6 Å². The summed E-state index contributed by atoms with van der Waals surface area (Å²) in [5.41, 5.74) is -0.292. The number of hydrogen-bond donors (Lipinski definition) is 1. The summed E-state index contributed by atoms with van der Waals surface area (Å²) >= 11 is 6.01. The average molecular weight is 276 g/mol. The zero-order valence-electron chi connectivity index (χ0n) is 10.2. The summed E-state index contributed by atoms with van der Waals surface area (Å²) < 4.78 is 13.3. The van der Waals surface area contributed by atoms with Crippen LogP contribution in [0.4, 0.5) is 4.39 Å². The zero-order chi connectivity index (χ0) is 14.0. The van der Waals surface area contributed by atoms with Crippen molar-refractivity contribution in [3.63, 3.8) is 0 Å². The third-order valence-corrected chi connectivity index (χ3v) is 3.34. The standard InChI is InChI=1S/C15H11ClFNO/c1-15(19,11-4-2-3-10(7-11)9-18)13-8-12(17)5-6-14(13)16/h2-8,19H,1H3. The van der Waals surface area contributed by atoms with Crippen molar-refractivity contribution in [3.05, 3.63) is 70.0 Å². The molecule has 2 aromatic rings. The lowest BCUT2D eigenvalue weighted by Crippen LogP contribution is -2.23. The molecule has 2 nitrogen and oxygen atoms in total. The Hall–Kier alpha value is -1.89. The average Bonchev–Trinajstić information content (AvgIpc) is 2.41. The monoisotopic (exact) mass is 275 g/mol. The molecule has 1 N–H and O–H groups in total. The highest BCUT2D eigenvalue weighted by molar-refractivity contribution is 6.31. The quantitative estimate of drug-likeness (QED) is 0.910. The third kappa shape index (κ3) is 2.60. The maximum Gasteiger partial charge on any atom is 0.123 e. The van der Waals surface area contributed by atoms with Crippen LogP contribution in [-0.2, 0) is 5.60 Å². The third-order valence-electron chi connectivity index (χ3n) is 3.01. The summed E-state index contributed by atoms with van der Waals surface area (Å²) in [6.07, 6.45) is 0. The van der Waals surface area contributed by atoms with Crippen LogP contribution in [0.15, 0.2) is 42.5 Å². The Morgan fingerprint density at radius 3 is 2.68 bits per heavy atom. The van der Waals surface area contributed by atoms with Crippen molar-refractivity contribution in [2.75, 3.05) is 0 Å². The molecular formula is C15H11ClFNO. The van der Waals surface area contributed by atoms with Gasteiger partial charge in [0.05, 0.1) is 11.6 Å². The SMILES string of the molecule is CC(O)(c1cccc(C#N)c1)c1cc(F)ccc1Cl. The number of benzene rings is 2. The van der Waals surface area contributed by atoms with E-state index in [4.69, 9.17) is 16.9 Å². The van der Waals surface area contributed by atoms with Gasteiger partial charge in [-0.2, -0.15) is 5.26 Å². The minimum Gasteiger partial charge on any atom is -0.381 e.